The Kier molecular flexibility index (Phi) is 5.19. The lowest BCUT2D eigenvalue weighted by atomic mass is 10.1. The van der Waals surface area contributed by atoms with E-state index < -0.39 is 5.56 Å². The summed E-state index contributed by atoms with van der Waals surface area (Å²) in [7, 11) is 0. The van der Waals surface area contributed by atoms with Gasteiger partial charge in [-0.3, -0.25) is 4.79 Å². The molecule has 0 aliphatic carbocycles. The summed E-state index contributed by atoms with van der Waals surface area (Å²) in [6.07, 6.45) is 0. The van der Waals surface area contributed by atoms with Crippen LogP contribution < -0.4 is 15.0 Å². The summed E-state index contributed by atoms with van der Waals surface area (Å²) < 4.78 is 12.0. The fourth-order valence-electron chi connectivity index (χ4n) is 2.44. The summed E-state index contributed by atoms with van der Waals surface area (Å²) >= 11 is 5.85. The number of halogens is 1. The number of hydrogen-bond acceptors (Lipinski definition) is 4. The molecular weight excluding hydrogens is 354 g/mol. The van der Waals surface area contributed by atoms with Crippen LogP contribution in [0.4, 0.5) is 0 Å². The fourth-order valence-corrected chi connectivity index (χ4v) is 2.56. The first-order chi connectivity index (χ1) is 12.4. The van der Waals surface area contributed by atoms with Gasteiger partial charge in [0.1, 0.15) is 29.5 Å². The zero-order chi connectivity index (χ0) is 18.7. The number of ether oxygens (including phenoxy) is 2. The van der Waals surface area contributed by atoms with Crippen molar-refractivity contribution in [1.82, 2.24) is 4.73 Å². The van der Waals surface area contributed by atoms with Crippen LogP contribution in [0.3, 0.4) is 0 Å². The molecule has 0 fully saturated rings. The molecule has 0 aliphatic heterocycles. The SMILES string of the molecule is Cc1cc(=O)n(O)c(COc2ccc(Oc3ccc(Cl)cc3)cc2)c1C. The number of benzene rings is 2. The molecule has 1 heterocycles. The first-order valence-electron chi connectivity index (χ1n) is 8.02. The average molecular weight is 372 g/mol. The number of hydrogen-bond donors (Lipinski definition) is 1. The van der Waals surface area contributed by atoms with Crippen molar-refractivity contribution in [1.29, 1.82) is 0 Å². The molecule has 0 spiro atoms. The van der Waals surface area contributed by atoms with Crippen molar-refractivity contribution in [2.75, 3.05) is 0 Å². The molecule has 0 radical (unpaired) electrons. The van der Waals surface area contributed by atoms with E-state index in [0.29, 0.717) is 32.7 Å². The molecule has 1 N–H and O–H groups in total. The molecule has 0 bridgehead atoms. The maximum absolute atomic E-state index is 11.7. The van der Waals surface area contributed by atoms with Crippen LogP contribution in [-0.2, 0) is 6.61 Å². The standard InChI is InChI=1S/C20H18ClNO4/c1-13-11-20(23)22(24)19(14(13)2)12-25-16-7-9-18(10-8-16)26-17-5-3-15(21)4-6-17/h3-11,24H,12H2,1-2H3. The van der Waals surface area contributed by atoms with Crippen molar-refractivity contribution in [3.63, 3.8) is 0 Å². The largest absolute Gasteiger partial charge is 0.487 e. The molecule has 6 heteroatoms. The van der Waals surface area contributed by atoms with Gasteiger partial charge in [-0.15, -0.1) is 4.73 Å². The molecule has 3 rings (SSSR count). The maximum atomic E-state index is 11.7. The minimum Gasteiger partial charge on any atom is -0.487 e. The highest BCUT2D eigenvalue weighted by Gasteiger charge is 2.10. The van der Waals surface area contributed by atoms with Crippen molar-refractivity contribution in [3.05, 3.63) is 86.8 Å². The highest BCUT2D eigenvalue weighted by molar-refractivity contribution is 6.30. The fraction of sp³-hybridized carbons (Fsp3) is 0.150. The van der Waals surface area contributed by atoms with Crippen LogP contribution in [0.1, 0.15) is 16.8 Å². The second kappa shape index (κ2) is 7.54. The average Bonchev–Trinajstić information content (AvgIpc) is 2.63. The van der Waals surface area contributed by atoms with Gasteiger partial charge in [-0.05, 0) is 73.5 Å². The Morgan fingerprint density at radius 2 is 1.50 bits per heavy atom. The molecule has 1 aromatic heterocycles. The van der Waals surface area contributed by atoms with Gasteiger partial charge >= 0.3 is 0 Å². The number of aromatic nitrogens is 1. The summed E-state index contributed by atoms with van der Waals surface area (Å²) in [5.74, 6) is 1.94. The highest BCUT2D eigenvalue weighted by atomic mass is 35.5. The summed E-state index contributed by atoms with van der Waals surface area (Å²) in [6, 6.07) is 15.5. The van der Waals surface area contributed by atoms with Crippen molar-refractivity contribution < 1.29 is 14.7 Å². The molecule has 0 aliphatic rings. The van der Waals surface area contributed by atoms with Crippen LogP contribution >= 0.6 is 11.6 Å². The Morgan fingerprint density at radius 1 is 0.962 bits per heavy atom. The first-order valence-corrected chi connectivity index (χ1v) is 8.39. The molecule has 0 unspecified atom stereocenters. The minimum atomic E-state index is -0.474. The van der Waals surface area contributed by atoms with Gasteiger partial charge in [0.15, 0.2) is 0 Å². The van der Waals surface area contributed by atoms with Crippen LogP contribution in [0.2, 0.25) is 5.02 Å². The Bertz CT molecular complexity index is 963. The van der Waals surface area contributed by atoms with Crippen LogP contribution in [-0.4, -0.2) is 9.94 Å². The predicted molar refractivity (Wildman–Crippen MR) is 99.7 cm³/mol. The lowest BCUT2D eigenvalue weighted by molar-refractivity contribution is 0.146. The smallest absolute Gasteiger partial charge is 0.283 e. The van der Waals surface area contributed by atoms with Crippen LogP contribution in [0.25, 0.3) is 0 Å². The molecule has 26 heavy (non-hydrogen) atoms. The third-order valence-electron chi connectivity index (χ3n) is 4.08. The lowest BCUT2D eigenvalue weighted by Gasteiger charge is -2.13. The second-order valence-corrected chi connectivity index (χ2v) is 6.30. The molecular formula is C20H18ClNO4. The third kappa shape index (κ3) is 4.00. The molecule has 0 atom stereocenters. The molecule has 134 valence electrons. The van der Waals surface area contributed by atoms with E-state index in [2.05, 4.69) is 0 Å². The maximum Gasteiger partial charge on any atom is 0.283 e. The molecule has 0 saturated carbocycles. The van der Waals surface area contributed by atoms with E-state index in [1.54, 1.807) is 48.5 Å². The van der Waals surface area contributed by atoms with E-state index >= 15 is 0 Å². The normalized spacial score (nSPS) is 10.6. The van der Waals surface area contributed by atoms with Crippen LogP contribution in [0, 0.1) is 13.8 Å². The third-order valence-corrected chi connectivity index (χ3v) is 4.33. The molecule has 3 aromatic rings. The van der Waals surface area contributed by atoms with Gasteiger partial charge in [0.05, 0.1) is 0 Å². The van der Waals surface area contributed by atoms with Gasteiger partial charge in [0.25, 0.3) is 5.56 Å². The Hall–Kier alpha value is -2.92. The molecule has 2 aromatic carbocycles. The Balaban J connectivity index is 1.69. The topological polar surface area (TPSA) is 60.7 Å². The Morgan fingerprint density at radius 3 is 2.12 bits per heavy atom. The first kappa shape index (κ1) is 17.9. The molecule has 5 nitrogen and oxygen atoms in total. The van der Waals surface area contributed by atoms with E-state index in [4.69, 9.17) is 21.1 Å². The van der Waals surface area contributed by atoms with E-state index in [9.17, 15) is 10.0 Å². The molecule has 0 amide bonds. The number of pyridine rings is 1. The lowest BCUT2D eigenvalue weighted by Crippen LogP contribution is -2.23. The van der Waals surface area contributed by atoms with Gasteiger partial charge in [0, 0.05) is 11.1 Å². The quantitative estimate of drug-likeness (QED) is 0.659. The van der Waals surface area contributed by atoms with E-state index in [-0.39, 0.29) is 6.61 Å². The molecule has 0 saturated heterocycles. The summed E-state index contributed by atoms with van der Waals surface area (Å²) in [5.41, 5.74) is 1.58. The van der Waals surface area contributed by atoms with Gasteiger partial charge in [-0.25, -0.2) is 0 Å². The summed E-state index contributed by atoms with van der Waals surface area (Å²) in [4.78, 5) is 11.7. The number of rotatable bonds is 5. The van der Waals surface area contributed by atoms with E-state index in [1.165, 1.54) is 6.07 Å². The van der Waals surface area contributed by atoms with E-state index in [0.717, 1.165) is 11.1 Å². The van der Waals surface area contributed by atoms with E-state index in [1.807, 2.05) is 13.8 Å². The van der Waals surface area contributed by atoms with Crippen molar-refractivity contribution in [2.45, 2.75) is 20.5 Å². The monoisotopic (exact) mass is 371 g/mol. The van der Waals surface area contributed by atoms with Gasteiger partial charge in [-0.1, -0.05) is 11.6 Å². The zero-order valence-corrected chi connectivity index (χ0v) is 15.2. The van der Waals surface area contributed by atoms with Gasteiger partial charge in [0.2, 0.25) is 0 Å². The van der Waals surface area contributed by atoms with Gasteiger partial charge < -0.3 is 14.7 Å². The predicted octanol–water partition coefficient (Wildman–Crippen LogP) is 4.73. The summed E-state index contributed by atoms with van der Waals surface area (Å²) in [6.45, 7) is 3.74. The van der Waals surface area contributed by atoms with Gasteiger partial charge in [-0.2, -0.15) is 0 Å². The summed E-state index contributed by atoms with van der Waals surface area (Å²) in [5, 5.41) is 10.6. The number of aryl methyl sites for hydroxylation is 1. The second-order valence-electron chi connectivity index (χ2n) is 5.87. The van der Waals surface area contributed by atoms with Crippen LogP contribution in [0.15, 0.2) is 59.4 Å². The van der Waals surface area contributed by atoms with Crippen molar-refractivity contribution >= 4 is 11.6 Å². The Labute approximate surface area is 156 Å². The highest BCUT2D eigenvalue weighted by Crippen LogP contribution is 2.25. The van der Waals surface area contributed by atoms with Crippen molar-refractivity contribution in [3.8, 4) is 17.2 Å². The van der Waals surface area contributed by atoms with Crippen molar-refractivity contribution in [2.24, 2.45) is 0 Å². The zero-order valence-electron chi connectivity index (χ0n) is 14.4. The minimum absolute atomic E-state index is 0.0800. The van der Waals surface area contributed by atoms with Crippen LogP contribution in [0.5, 0.6) is 17.2 Å². The number of nitrogens with zero attached hydrogens (tertiary/aromatic N) is 1.